The maximum Gasteiger partial charge on any atom is 0.189 e. The average molecular weight is 460 g/mol. The molecule has 164 valence electrons. The number of nitrogens with two attached hydrogens (primary N) is 1. The third-order valence-electron chi connectivity index (χ3n) is 4.60. The zero-order chi connectivity index (χ0) is 22.2. The number of aliphatic hydroxyl groups excluding tert-OH is 1. The number of aliphatic hydroxyl groups is 1. The fraction of sp³-hybridized carbons (Fsp3) is 0.304. The number of benzene rings is 2. The number of rotatable bonds is 10. The lowest BCUT2D eigenvalue weighted by molar-refractivity contribution is 0.0397. The summed E-state index contributed by atoms with van der Waals surface area (Å²) in [6.07, 6.45) is 0.0697. The molecule has 0 bridgehead atoms. The molecule has 0 unspecified atom stereocenters. The Balaban J connectivity index is 1.55. The molecule has 0 radical (unpaired) electrons. The molecular weight excluding hydrogens is 434 g/mol. The third-order valence-corrected chi connectivity index (χ3v) is 5.85. The van der Waals surface area contributed by atoms with Crippen LogP contribution < -0.4 is 10.5 Å². The van der Waals surface area contributed by atoms with Gasteiger partial charge in [0.25, 0.3) is 0 Å². The summed E-state index contributed by atoms with van der Waals surface area (Å²) in [6, 6.07) is 15.1. The van der Waals surface area contributed by atoms with Crippen LogP contribution in [0, 0.1) is 0 Å². The Bertz CT molecular complexity index is 985. The van der Waals surface area contributed by atoms with Gasteiger partial charge in [0.1, 0.15) is 11.6 Å². The van der Waals surface area contributed by atoms with Crippen LogP contribution in [-0.4, -0.2) is 40.6 Å². The first kappa shape index (κ1) is 23.3. The van der Waals surface area contributed by atoms with Crippen molar-refractivity contribution < 1.29 is 14.6 Å². The zero-order valence-electron chi connectivity index (χ0n) is 17.5. The van der Waals surface area contributed by atoms with Gasteiger partial charge in [-0.05, 0) is 41.8 Å². The Hall–Kier alpha value is -2.32. The SMILES string of the molecule is CCc1nc(SC[C@@H](O)COCc2ccc(OC)cc2)nc(N)c1-c1ccc(Cl)cc1. The summed E-state index contributed by atoms with van der Waals surface area (Å²) in [7, 11) is 1.63. The molecule has 3 N–H and O–H groups in total. The summed E-state index contributed by atoms with van der Waals surface area (Å²) in [5.74, 6) is 1.63. The molecule has 0 amide bonds. The lowest BCUT2D eigenvalue weighted by atomic mass is 10.0. The van der Waals surface area contributed by atoms with E-state index in [4.69, 9.17) is 26.8 Å². The number of aryl methyl sites for hydroxylation is 1. The number of anilines is 1. The van der Waals surface area contributed by atoms with Gasteiger partial charge in [0.15, 0.2) is 5.16 Å². The van der Waals surface area contributed by atoms with Crippen molar-refractivity contribution in [3.05, 3.63) is 64.8 Å². The van der Waals surface area contributed by atoms with Gasteiger partial charge in [0.2, 0.25) is 0 Å². The van der Waals surface area contributed by atoms with Crippen molar-refractivity contribution in [2.45, 2.75) is 31.2 Å². The number of nitrogens with zero attached hydrogens (tertiary/aromatic N) is 2. The first-order valence-corrected chi connectivity index (χ1v) is 11.3. The number of hydrogen-bond donors (Lipinski definition) is 2. The predicted octanol–water partition coefficient (Wildman–Crippen LogP) is 4.62. The lowest BCUT2D eigenvalue weighted by Crippen LogP contribution is -2.18. The van der Waals surface area contributed by atoms with Crippen LogP contribution >= 0.6 is 23.4 Å². The van der Waals surface area contributed by atoms with Crippen LogP contribution in [-0.2, 0) is 17.8 Å². The number of nitrogen functional groups attached to an aromatic ring is 1. The van der Waals surface area contributed by atoms with E-state index in [2.05, 4.69) is 9.97 Å². The van der Waals surface area contributed by atoms with Crippen molar-refractivity contribution in [3.63, 3.8) is 0 Å². The Morgan fingerprint density at radius 1 is 1.10 bits per heavy atom. The summed E-state index contributed by atoms with van der Waals surface area (Å²) < 4.78 is 10.8. The highest BCUT2D eigenvalue weighted by Gasteiger charge is 2.15. The normalized spacial score (nSPS) is 12.0. The highest BCUT2D eigenvalue weighted by atomic mass is 35.5. The van der Waals surface area contributed by atoms with Gasteiger partial charge in [-0.2, -0.15) is 0 Å². The molecule has 6 nitrogen and oxygen atoms in total. The van der Waals surface area contributed by atoms with E-state index in [1.165, 1.54) is 11.8 Å². The van der Waals surface area contributed by atoms with E-state index >= 15 is 0 Å². The van der Waals surface area contributed by atoms with Crippen LogP contribution in [0.1, 0.15) is 18.2 Å². The van der Waals surface area contributed by atoms with Crippen LogP contribution in [0.15, 0.2) is 53.7 Å². The van der Waals surface area contributed by atoms with Gasteiger partial charge in [-0.3, -0.25) is 0 Å². The molecule has 0 saturated carbocycles. The second-order valence-electron chi connectivity index (χ2n) is 6.90. The molecule has 0 aliphatic rings. The standard InChI is InChI=1S/C23H26ClN3O3S/c1-3-20-21(16-6-8-17(24)9-7-16)22(25)27-23(26-20)31-14-18(28)13-30-12-15-4-10-19(29-2)11-5-15/h4-11,18,28H,3,12-14H2,1-2H3,(H2,25,26,27)/t18-/m0/s1. The average Bonchev–Trinajstić information content (AvgIpc) is 2.78. The van der Waals surface area contributed by atoms with Gasteiger partial charge in [-0.1, -0.05) is 54.6 Å². The maximum atomic E-state index is 10.3. The summed E-state index contributed by atoms with van der Waals surface area (Å²) in [6.45, 7) is 2.67. The third kappa shape index (κ3) is 6.58. The van der Waals surface area contributed by atoms with Crippen LogP contribution in [0.2, 0.25) is 5.02 Å². The molecule has 0 saturated heterocycles. The van der Waals surface area contributed by atoms with Crippen molar-refractivity contribution in [1.82, 2.24) is 9.97 Å². The van der Waals surface area contributed by atoms with E-state index < -0.39 is 6.10 Å². The second-order valence-corrected chi connectivity index (χ2v) is 8.33. The summed E-state index contributed by atoms with van der Waals surface area (Å²) >= 11 is 7.35. The number of aromatic nitrogens is 2. The number of halogens is 1. The number of hydrogen-bond acceptors (Lipinski definition) is 7. The predicted molar refractivity (Wildman–Crippen MR) is 126 cm³/mol. The molecular formula is C23H26ClN3O3S. The van der Waals surface area contributed by atoms with Crippen LogP contribution in [0.25, 0.3) is 11.1 Å². The smallest absolute Gasteiger partial charge is 0.189 e. The van der Waals surface area contributed by atoms with Gasteiger partial charge >= 0.3 is 0 Å². The van der Waals surface area contributed by atoms with Crippen molar-refractivity contribution >= 4 is 29.2 Å². The van der Waals surface area contributed by atoms with E-state index in [-0.39, 0.29) is 6.61 Å². The van der Waals surface area contributed by atoms with Crippen molar-refractivity contribution in [1.29, 1.82) is 0 Å². The van der Waals surface area contributed by atoms with Gasteiger partial charge in [-0.25, -0.2) is 9.97 Å². The Labute approximate surface area is 191 Å². The van der Waals surface area contributed by atoms with E-state index in [0.717, 1.165) is 28.1 Å². The largest absolute Gasteiger partial charge is 0.497 e. The topological polar surface area (TPSA) is 90.5 Å². The van der Waals surface area contributed by atoms with Crippen LogP contribution in [0.3, 0.4) is 0 Å². The molecule has 1 heterocycles. The van der Waals surface area contributed by atoms with Crippen LogP contribution in [0.4, 0.5) is 5.82 Å². The second kappa shape index (κ2) is 11.3. The van der Waals surface area contributed by atoms with E-state index in [9.17, 15) is 5.11 Å². The van der Waals surface area contributed by atoms with Crippen molar-refractivity contribution in [3.8, 4) is 16.9 Å². The Kier molecular flexibility index (Phi) is 8.54. The van der Waals surface area contributed by atoms with E-state index in [1.54, 1.807) is 7.11 Å². The van der Waals surface area contributed by atoms with Crippen molar-refractivity contribution in [2.24, 2.45) is 0 Å². The molecule has 8 heteroatoms. The first-order valence-electron chi connectivity index (χ1n) is 9.94. The van der Waals surface area contributed by atoms with Crippen molar-refractivity contribution in [2.75, 3.05) is 25.2 Å². The fourth-order valence-electron chi connectivity index (χ4n) is 3.01. The minimum absolute atomic E-state index is 0.220. The molecule has 31 heavy (non-hydrogen) atoms. The van der Waals surface area contributed by atoms with E-state index in [0.29, 0.717) is 34.8 Å². The quantitative estimate of drug-likeness (QED) is 0.337. The molecule has 0 aliphatic carbocycles. The minimum atomic E-state index is -0.644. The zero-order valence-corrected chi connectivity index (χ0v) is 19.1. The molecule has 1 aromatic heterocycles. The lowest BCUT2D eigenvalue weighted by Gasteiger charge is -2.14. The summed E-state index contributed by atoms with van der Waals surface area (Å²) in [5.41, 5.74) is 9.88. The maximum absolute atomic E-state index is 10.3. The molecule has 0 spiro atoms. The van der Waals surface area contributed by atoms with Crippen LogP contribution in [0.5, 0.6) is 5.75 Å². The monoisotopic (exact) mass is 459 g/mol. The molecule has 2 aromatic carbocycles. The number of ether oxygens (including phenoxy) is 2. The fourth-order valence-corrected chi connectivity index (χ4v) is 3.91. The highest BCUT2D eigenvalue weighted by Crippen LogP contribution is 2.31. The molecule has 3 rings (SSSR count). The number of thioether (sulfide) groups is 1. The Morgan fingerprint density at radius 3 is 2.45 bits per heavy atom. The minimum Gasteiger partial charge on any atom is -0.497 e. The first-order chi connectivity index (χ1) is 15.0. The molecule has 0 aliphatic heterocycles. The van der Waals surface area contributed by atoms with Gasteiger partial charge < -0.3 is 20.3 Å². The van der Waals surface area contributed by atoms with Gasteiger partial charge in [0.05, 0.1) is 32.1 Å². The molecule has 3 aromatic rings. The molecule has 1 atom stereocenters. The van der Waals surface area contributed by atoms with E-state index in [1.807, 2.05) is 55.5 Å². The Morgan fingerprint density at radius 2 is 1.81 bits per heavy atom. The highest BCUT2D eigenvalue weighted by molar-refractivity contribution is 7.99. The number of methoxy groups -OCH3 is 1. The summed E-state index contributed by atoms with van der Waals surface area (Å²) in [4.78, 5) is 9.07. The van der Waals surface area contributed by atoms with Gasteiger partial charge in [0, 0.05) is 16.3 Å². The molecule has 0 fully saturated rings. The van der Waals surface area contributed by atoms with Gasteiger partial charge in [-0.15, -0.1) is 0 Å². The summed E-state index contributed by atoms with van der Waals surface area (Å²) in [5, 5.41) is 11.5.